The molecule has 142 valence electrons. The normalized spacial score (nSPS) is 11.0. The summed E-state index contributed by atoms with van der Waals surface area (Å²) < 4.78 is 5.59. The van der Waals surface area contributed by atoms with Crippen LogP contribution in [0.1, 0.15) is 17.1 Å². The molecule has 28 heavy (non-hydrogen) atoms. The summed E-state index contributed by atoms with van der Waals surface area (Å²) >= 11 is 0. The number of hydrogen-bond donors (Lipinski definition) is 2. The van der Waals surface area contributed by atoms with Gasteiger partial charge in [-0.05, 0) is 31.2 Å². The lowest BCUT2D eigenvalue weighted by Gasteiger charge is -2.00. The second-order valence-electron chi connectivity index (χ2n) is 5.67. The summed E-state index contributed by atoms with van der Waals surface area (Å²) in [6, 6.07) is 7.88. The van der Waals surface area contributed by atoms with Gasteiger partial charge in [0.1, 0.15) is 17.3 Å². The van der Waals surface area contributed by atoms with Crippen molar-refractivity contribution in [1.29, 1.82) is 0 Å². The van der Waals surface area contributed by atoms with Crippen LogP contribution in [0.3, 0.4) is 0 Å². The monoisotopic (exact) mass is 384 g/mol. The second-order valence-corrected chi connectivity index (χ2v) is 5.67. The molecule has 0 bridgehead atoms. The fraction of sp³-hybridized carbons (Fsp3) is 0.0588. The molecule has 11 heteroatoms. The quantitative estimate of drug-likeness (QED) is 0.500. The highest BCUT2D eigenvalue weighted by molar-refractivity contribution is 5.68. The smallest absolute Gasteiger partial charge is 0.395 e. The number of aromatic hydroxyl groups is 1. The van der Waals surface area contributed by atoms with Gasteiger partial charge in [0.15, 0.2) is 0 Å². The number of benzene rings is 1. The number of H-pyrrole nitrogens is 1. The van der Waals surface area contributed by atoms with Crippen LogP contribution in [0.5, 0.6) is 5.88 Å². The van der Waals surface area contributed by atoms with E-state index in [9.17, 15) is 30.1 Å². The Morgan fingerprint density at radius 2 is 1.89 bits per heavy atom. The van der Waals surface area contributed by atoms with Crippen LogP contribution >= 0.6 is 0 Å². The molecule has 0 atom stereocenters. The van der Waals surface area contributed by atoms with E-state index in [0.717, 1.165) is 0 Å². The van der Waals surface area contributed by atoms with Gasteiger partial charge in [0.05, 0.1) is 9.85 Å². The summed E-state index contributed by atoms with van der Waals surface area (Å²) in [6.07, 6.45) is 2.70. The highest BCUT2D eigenvalue weighted by Crippen LogP contribution is 2.28. The Bertz CT molecular complexity index is 1180. The maximum atomic E-state index is 11.6. The lowest BCUT2D eigenvalue weighted by molar-refractivity contribution is -0.387. The van der Waals surface area contributed by atoms with Crippen molar-refractivity contribution in [3.05, 3.63) is 78.1 Å². The van der Waals surface area contributed by atoms with E-state index in [1.807, 2.05) is 0 Å². The van der Waals surface area contributed by atoms with Crippen LogP contribution < -0.4 is 5.56 Å². The highest BCUT2D eigenvalue weighted by Gasteiger charge is 2.21. The predicted octanol–water partition coefficient (Wildman–Crippen LogP) is 3.03. The Hall–Kier alpha value is -4.28. The van der Waals surface area contributed by atoms with Crippen LogP contribution in [0.15, 0.2) is 39.5 Å². The van der Waals surface area contributed by atoms with Crippen LogP contribution in [0.2, 0.25) is 0 Å². The predicted molar refractivity (Wildman–Crippen MR) is 97.6 cm³/mol. The molecule has 3 aromatic rings. The third-order valence-electron chi connectivity index (χ3n) is 3.80. The third-order valence-corrected chi connectivity index (χ3v) is 3.80. The molecule has 2 heterocycles. The SMILES string of the molecule is Cc1ccc(-c2ccc(/C=C\c3nc(O)c([N+](=O)[O-])c(=O)[nH]3)o2)cc1[N+](=O)[O-]. The number of nitrogens with zero attached hydrogens (tertiary/aromatic N) is 3. The van der Waals surface area contributed by atoms with Gasteiger partial charge in [-0.3, -0.25) is 25.0 Å². The van der Waals surface area contributed by atoms with Crippen molar-refractivity contribution in [2.45, 2.75) is 6.92 Å². The summed E-state index contributed by atoms with van der Waals surface area (Å²) in [7, 11) is 0. The number of furan rings is 1. The third kappa shape index (κ3) is 3.62. The molecule has 0 unspecified atom stereocenters. The van der Waals surface area contributed by atoms with Crippen LogP contribution in [0.25, 0.3) is 23.5 Å². The number of aryl methyl sites for hydroxylation is 1. The average molecular weight is 384 g/mol. The molecule has 0 saturated carbocycles. The molecule has 0 aliphatic carbocycles. The van der Waals surface area contributed by atoms with Gasteiger partial charge in [0.2, 0.25) is 0 Å². The van der Waals surface area contributed by atoms with Gasteiger partial charge >= 0.3 is 11.2 Å². The summed E-state index contributed by atoms with van der Waals surface area (Å²) in [5.41, 5.74) is -1.14. The fourth-order valence-electron chi connectivity index (χ4n) is 2.43. The van der Waals surface area contributed by atoms with Crippen LogP contribution in [0, 0.1) is 27.2 Å². The van der Waals surface area contributed by atoms with Gasteiger partial charge in [0.25, 0.3) is 11.6 Å². The Labute approximate surface area is 155 Å². The Kier molecular flexibility index (Phi) is 4.73. The van der Waals surface area contributed by atoms with Crippen LogP contribution in [0.4, 0.5) is 11.4 Å². The van der Waals surface area contributed by atoms with E-state index >= 15 is 0 Å². The molecule has 0 aliphatic heterocycles. The molecular weight excluding hydrogens is 372 g/mol. The first-order chi connectivity index (χ1) is 13.3. The van der Waals surface area contributed by atoms with Crippen molar-refractivity contribution in [1.82, 2.24) is 9.97 Å². The van der Waals surface area contributed by atoms with Gasteiger partial charge < -0.3 is 14.5 Å². The molecule has 2 N–H and O–H groups in total. The van der Waals surface area contributed by atoms with E-state index < -0.39 is 27.0 Å². The Morgan fingerprint density at radius 3 is 2.54 bits per heavy atom. The number of nitro groups is 2. The number of rotatable bonds is 5. The average Bonchev–Trinajstić information content (AvgIpc) is 3.08. The van der Waals surface area contributed by atoms with Gasteiger partial charge in [-0.1, -0.05) is 12.1 Å². The highest BCUT2D eigenvalue weighted by atomic mass is 16.6. The molecule has 11 nitrogen and oxygen atoms in total. The summed E-state index contributed by atoms with van der Waals surface area (Å²) in [5.74, 6) is -0.396. The lowest BCUT2D eigenvalue weighted by atomic mass is 10.1. The first-order valence-electron chi connectivity index (χ1n) is 7.77. The van der Waals surface area contributed by atoms with E-state index in [-0.39, 0.29) is 11.5 Å². The topological polar surface area (TPSA) is 165 Å². The number of aromatic amines is 1. The molecule has 0 radical (unpaired) electrons. The van der Waals surface area contributed by atoms with E-state index in [2.05, 4.69) is 9.97 Å². The minimum Gasteiger partial charge on any atom is -0.488 e. The number of nitro benzene ring substituents is 1. The molecular formula is C17H12N4O7. The minimum absolute atomic E-state index is 0.0332. The molecule has 0 aliphatic rings. The zero-order valence-electron chi connectivity index (χ0n) is 14.3. The van der Waals surface area contributed by atoms with Crippen molar-refractivity contribution in [3.8, 4) is 17.2 Å². The maximum absolute atomic E-state index is 11.6. The molecule has 3 rings (SSSR count). The van der Waals surface area contributed by atoms with E-state index in [4.69, 9.17) is 4.42 Å². The molecule has 0 saturated heterocycles. The van der Waals surface area contributed by atoms with Gasteiger partial charge in [-0.15, -0.1) is 0 Å². The molecule has 2 aromatic heterocycles. The number of hydrogen-bond acceptors (Lipinski definition) is 8. The maximum Gasteiger partial charge on any atom is 0.395 e. The zero-order valence-corrected chi connectivity index (χ0v) is 14.3. The van der Waals surface area contributed by atoms with Crippen molar-refractivity contribution in [3.63, 3.8) is 0 Å². The van der Waals surface area contributed by atoms with Gasteiger partial charge in [0, 0.05) is 17.2 Å². The van der Waals surface area contributed by atoms with Crippen molar-refractivity contribution in [2.75, 3.05) is 0 Å². The first-order valence-corrected chi connectivity index (χ1v) is 7.77. The van der Waals surface area contributed by atoms with Crippen molar-refractivity contribution in [2.24, 2.45) is 0 Å². The van der Waals surface area contributed by atoms with Crippen molar-refractivity contribution < 1.29 is 19.4 Å². The van der Waals surface area contributed by atoms with Gasteiger partial charge in [-0.2, -0.15) is 4.98 Å². The lowest BCUT2D eigenvalue weighted by Crippen LogP contribution is -2.14. The molecule has 0 spiro atoms. The summed E-state index contributed by atoms with van der Waals surface area (Å²) in [6.45, 7) is 1.63. The standard InChI is InChI=1S/C17H12N4O7/c1-9-2-3-10(8-12(9)20(24)25)13-6-4-11(28-13)5-7-14-18-16(22)15(21(26)27)17(23)19-14/h2-8H,1H3,(H2,18,19,22,23)/b7-5-. The number of aromatic nitrogens is 2. The molecule has 1 aromatic carbocycles. The van der Waals surface area contributed by atoms with Crippen LogP contribution in [-0.4, -0.2) is 24.9 Å². The Morgan fingerprint density at radius 1 is 1.14 bits per heavy atom. The Balaban J connectivity index is 1.88. The van der Waals surface area contributed by atoms with Crippen molar-refractivity contribution >= 4 is 23.5 Å². The largest absolute Gasteiger partial charge is 0.488 e. The van der Waals surface area contributed by atoms with E-state index in [1.165, 1.54) is 18.2 Å². The van der Waals surface area contributed by atoms with Gasteiger partial charge in [-0.25, -0.2) is 0 Å². The van der Waals surface area contributed by atoms with E-state index in [0.29, 0.717) is 22.6 Å². The fourth-order valence-corrected chi connectivity index (χ4v) is 2.43. The molecule has 0 fully saturated rings. The summed E-state index contributed by atoms with van der Waals surface area (Å²) in [5, 5.41) is 31.2. The minimum atomic E-state index is -1.09. The molecule has 0 amide bonds. The second kappa shape index (κ2) is 7.15. The van der Waals surface area contributed by atoms with E-state index in [1.54, 1.807) is 31.2 Å². The first kappa shape index (κ1) is 18.5. The number of nitrogens with one attached hydrogen (secondary N) is 1. The summed E-state index contributed by atoms with van der Waals surface area (Å²) in [4.78, 5) is 37.5. The van der Waals surface area contributed by atoms with Crippen LogP contribution in [-0.2, 0) is 0 Å². The zero-order chi connectivity index (χ0) is 20.4.